The quantitative estimate of drug-likeness (QED) is 0.884. The molecule has 17 heavy (non-hydrogen) atoms. The molecule has 4 heteroatoms. The molecule has 0 aliphatic rings. The van der Waals surface area contributed by atoms with Crippen LogP contribution in [0.5, 0.6) is 5.75 Å². The van der Waals surface area contributed by atoms with Gasteiger partial charge in [0, 0.05) is 5.56 Å². The fraction of sp³-hybridized carbons (Fsp3) is 0.231. The summed E-state index contributed by atoms with van der Waals surface area (Å²) in [6, 6.07) is 6.70. The minimum atomic E-state index is -0.374. The Morgan fingerprint density at radius 3 is 2.82 bits per heavy atom. The molecule has 1 heterocycles. The van der Waals surface area contributed by atoms with E-state index >= 15 is 0 Å². The molecule has 0 radical (unpaired) electrons. The molecule has 0 saturated carbocycles. The molecule has 1 aromatic heterocycles. The van der Waals surface area contributed by atoms with Gasteiger partial charge in [-0.3, -0.25) is 0 Å². The molecule has 1 aromatic carbocycles. The first-order valence-corrected chi connectivity index (χ1v) is 5.31. The van der Waals surface area contributed by atoms with Gasteiger partial charge in [-0.25, -0.2) is 4.39 Å². The second kappa shape index (κ2) is 5.01. The first kappa shape index (κ1) is 11.7. The van der Waals surface area contributed by atoms with E-state index in [1.807, 2.05) is 19.2 Å². The minimum absolute atomic E-state index is 0.243. The van der Waals surface area contributed by atoms with Crippen molar-refractivity contribution in [2.75, 3.05) is 14.2 Å². The molecule has 0 unspecified atom stereocenters. The van der Waals surface area contributed by atoms with Crippen molar-refractivity contribution in [3.63, 3.8) is 0 Å². The molecule has 2 rings (SSSR count). The Kier molecular flexibility index (Phi) is 3.44. The fourth-order valence-corrected chi connectivity index (χ4v) is 1.73. The van der Waals surface area contributed by atoms with E-state index in [9.17, 15) is 4.39 Å². The zero-order chi connectivity index (χ0) is 12.3. The second-order valence-electron chi connectivity index (χ2n) is 3.64. The molecule has 0 atom stereocenters. The smallest absolute Gasteiger partial charge is 0.165 e. The molecule has 3 nitrogen and oxygen atoms in total. The highest BCUT2D eigenvalue weighted by Gasteiger charge is 2.10. The van der Waals surface area contributed by atoms with Crippen molar-refractivity contribution in [3.05, 3.63) is 42.1 Å². The van der Waals surface area contributed by atoms with Crippen molar-refractivity contribution in [1.82, 2.24) is 5.32 Å². The Bertz CT molecular complexity index is 508. The van der Waals surface area contributed by atoms with Gasteiger partial charge >= 0.3 is 0 Å². The van der Waals surface area contributed by atoms with E-state index in [2.05, 4.69) is 5.32 Å². The molecule has 2 aromatic rings. The highest BCUT2D eigenvalue weighted by atomic mass is 19.1. The van der Waals surface area contributed by atoms with Crippen molar-refractivity contribution >= 4 is 0 Å². The van der Waals surface area contributed by atoms with Crippen LogP contribution in [0.4, 0.5) is 4.39 Å². The number of benzene rings is 1. The maximum absolute atomic E-state index is 13.6. The minimum Gasteiger partial charge on any atom is -0.494 e. The van der Waals surface area contributed by atoms with Crippen molar-refractivity contribution in [2.45, 2.75) is 6.54 Å². The summed E-state index contributed by atoms with van der Waals surface area (Å²) in [5.41, 5.74) is 1.67. The van der Waals surface area contributed by atoms with Crippen LogP contribution in [0.25, 0.3) is 11.1 Å². The number of ether oxygens (including phenoxy) is 1. The van der Waals surface area contributed by atoms with E-state index in [1.165, 1.54) is 13.2 Å². The summed E-state index contributed by atoms with van der Waals surface area (Å²) in [5, 5.41) is 3.01. The Morgan fingerprint density at radius 2 is 2.18 bits per heavy atom. The Labute approximate surface area is 99.2 Å². The summed E-state index contributed by atoms with van der Waals surface area (Å²) in [6.45, 7) is 0.607. The molecule has 0 fully saturated rings. The topological polar surface area (TPSA) is 34.4 Å². The number of nitrogens with one attached hydrogen (secondary N) is 1. The molecule has 0 spiro atoms. The zero-order valence-corrected chi connectivity index (χ0v) is 9.79. The van der Waals surface area contributed by atoms with E-state index in [-0.39, 0.29) is 11.6 Å². The Balaban J connectivity index is 2.39. The molecule has 90 valence electrons. The van der Waals surface area contributed by atoms with Gasteiger partial charge < -0.3 is 14.5 Å². The van der Waals surface area contributed by atoms with Crippen LogP contribution in [0.3, 0.4) is 0 Å². The van der Waals surface area contributed by atoms with Gasteiger partial charge in [-0.1, -0.05) is 6.07 Å². The lowest BCUT2D eigenvalue weighted by atomic mass is 10.1. The van der Waals surface area contributed by atoms with Gasteiger partial charge in [-0.05, 0) is 30.8 Å². The van der Waals surface area contributed by atoms with E-state index in [0.29, 0.717) is 6.54 Å². The van der Waals surface area contributed by atoms with Gasteiger partial charge in [-0.15, -0.1) is 0 Å². The number of hydrogen-bond acceptors (Lipinski definition) is 3. The predicted octanol–water partition coefficient (Wildman–Crippen LogP) is 2.81. The van der Waals surface area contributed by atoms with Gasteiger partial charge in [0.2, 0.25) is 0 Å². The van der Waals surface area contributed by atoms with Gasteiger partial charge in [0.05, 0.1) is 19.9 Å². The fourth-order valence-electron chi connectivity index (χ4n) is 1.73. The largest absolute Gasteiger partial charge is 0.494 e. The van der Waals surface area contributed by atoms with Crippen molar-refractivity contribution in [2.24, 2.45) is 0 Å². The van der Waals surface area contributed by atoms with E-state index in [4.69, 9.17) is 9.15 Å². The highest BCUT2D eigenvalue weighted by Crippen LogP contribution is 2.28. The van der Waals surface area contributed by atoms with Crippen LogP contribution in [0.15, 0.2) is 34.9 Å². The summed E-state index contributed by atoms with van der Waals surface area (Å²) < 4.78 is 23.8. The average Bonchev–Trinajstić information content (AvgIpc) is 2.78. The van der Waals surface area contributed by atoms with Crippen LogP contribution in [-0.2, 0) is 6.54 Å². The summed E-state index contributed by atoms with van der Waals surface area (Å²) in [7, 11) is 3.28. The summed E-state index contributed by atoms with van der Waals surface area (Å²) >= 11 is 0. The second-order valence-corrected chi connectivity index (χ2v) is 3.64. The molecule has 0 bridgehead atoms. The summed E-state index contributed by atoms with van der Waals surface area (Å²) in [6.07, 6.45) is 1.60. The van der Waals surface area contributed by atoms with Crippen molar-refractivity contribution in [3.8, 4) is 16.9 Å². The molecule has 0 saturated heterocycles. The number of halogens is 1. The summed E-state index contributed by atoms with van der Waals surface area (Å²) in [4.78, 5) is 0. The maximum Gasteiger partial charge on any atom is 0.165 e. The number of rotatable bonds is 4. The maximum atomic E-state index is 13.6. The Hall–Kier alpha value is -1.81. The van der Waals surface area contributed by atoms with Gasteiger partial charge in [0.1, 0.15) is 5.76 Å². The number of methoxy groups -OCH3 is 1. The van der Waals surface area contributed by atoms with Gasteiger partial charge in [-0.2, -0.15) is 0 Å². The lowest BCUT2D eigenvalue weighted by Crippen LogP contribution is -2.04. The van der Waals surface area contributed by atoms with E-state index in [1.54, 1.807) is 12.3 Å². The zero-order valence-electron chi connectivity index (χ0n) is 9.79. The lowest BCUT2D eigenvalue weighted by molar-refractivity contribution is 0.386. The van der Waals surface area contributed by atoms with Crippen molar-refractivity contribution < 1.29 is 13.5 Å². The van der Waals surface area contributed by atoms with Crippen LogP contribution in [0.2, 0.25) is 0 Å². The molecular formula is C13H14FNO2. The average molecular weight is 235 g/mol. The lowest BCUT2D eigenvalue weighted by Gasteiger charge is -2.05. The Morgan fingerprint density at radius 1 is 1.35 bits per heavy atom. The normalized spacial score (nSPS) is 10.5. The number of furan rings is 1. The molecule has 1 N–H and O–H groups in total. The highest BCUT2D eigenvalue weighted by molar-refractivity contribution is 5.66. The number of hydrogen-bond donors (Lipinski definition) is 1. The molecule has 0 aliphatic carbocycles. The first-order chi connectivity index (χ1) is 8.26. The standard InChI is InChI=1S/C13H14FNO2/c1-15-8-13-10(5-6-17-13)9-3-4-12(16-2)11(14)7-9/h3-7,15H,8H2,1-2H3. The van der Waals surface area contributed by atoms with Crippen LogP contribution < -0.4 is 10.1 Å². The van der Waals surface area contributed by atoms with E-state index in [0.717, 1.165) is 16.9 Å². The SMILES string of the molecule is CNCc1occc1-c1ccc(OC)c(F)c1. The molecular weight excluding hydrogens is 221 g/mol. The monoisotopic (exact) mass is 235 g/mol. The van der Waals surface area contributed by atoms with Crippen LogP contribution in [0, 0.1) is 5.82 Å². The third-order valence-corrected chi connectivity index (χ3v) is 2.55. The van der Waals surface area contributed by atoms with Crippen LogP contribution in [-0.4, -0.2) is 14.2 Å². The predicted molar refractivity (Wildman–Crippen MR) is 63.4 cm³/mol. The van der Waals surface area contributed by atoms with Crippen molar-refractivity contribution in [1.29, 1.82) is 0 Å². The van der Waals surface area contributed by atoms with Gasteiger partial charge in [0.25, 0.3) is 0 Å². The first-order valence-electron chi connectivity index (χ1n) is 5.31. The van der Waals surface area contributed by atoms with Gasteiger partial charge in [0.15, 0.2) is 11.6 Å². The van der Waals surface area contributed by atoms with E-state index < -0.39 is 0 Å². The van der Waals surface area contributed by atoms with Crippen LogP contribution >= 0.6 is 0 Å². The third-order valence-electron chi connectivity index (χ3n) is 2.55. The third kappa shape index (κ3) is 2.31. The molecule has 0 amide bonds. The summed E-state index contributed by atoms with van der Waals surface area (Å²) in [5.74, 6) is 0.658. The van der Waals surface area contributed by atoms with Crippen LogP contribution in [0.1, 0.15) is 5.76 Å². The molecule has 0 aliphatic heterocycles.